The van der Waals surface area contributed by atoms with E-state index in [9.17, 15) is 21.6 Å². The van der Waals surface area contributed by atoms with Crippen LogP contribution in [0.15, 0.2) is 50.2 Å². The molecule has 0 fully saturated rings. The summed E-state index contributed by atoms with van der Waals surface area (Å²) >= 11 is 5.94. The molecular weight excluding hydrogens is 463 g/mol. The van der Waals surface area contributed by atoms with Gasteiger partial charge in [-0.2, -0.15) is 13.2 Å². The van der Waals surface area contributed by atoms with Crippen LogP contribution in [0, 0.1) is 6.92 Å². The Morgan fingerprint density at radius 3 is 2.13 bits per heavy atom. The summed E-state index contributed by atoms with van der Waals surface area (Å²) in [6.07, 6.45) is -4.71. The Morgan fingerprint density at radius 2 is 1.61 bits per heavy atom. The Morgan fingerprint density at radius 1 is 1.04 bits per heavy atom. The van der Waals surface area contributed by atoms with E-state index >= 15 is 0 Å². The first-order valence-corrected chi connectivity index (χ1v) is 9.23. The standard InChI is InChI=1S/C14H10Br2F3NO2S/c1-8-2-4-10(5-3-8)23(21,22)20-13-11(14(17,18)19)6-9(15)7-12(13)16/h2-7,20H,1H3. The van der Waals surface area contributed by atoms with Crippen molar-refractivity contribution < 1.29 is 21.6 Å². The van der Waals surface area contributed by atoms with Gasteiger partial charge in [0.05, 0.1) is 16.1 Å². The van der Waals surface area contributed by atoms with Gasteiger partial charge in [-0.3, -0.25) is 4.72 Å². The summed E-state index contributed by atoms with van der Waals surface area (Å²) in [6.45, 7) is 1.77. The number of alkyl halides is 3. The Bertz CT molecular complexity index is 834. The molecule has 0 aromatic heterocycles. The molecule has 23 heavy (non-hydrogen) atoms. The molecule has 0 heterocycles. The van der Waals surface area contributed by atoms with Crippen molar-refractivity contribution in [1.82, 2.24) is 0 Å². The molecule has 0 saturated carbocycles. The summed E-state index contributed by atoms with van der Waals surface area (Å²) in [5.41, 5.74) is -0.805. The van der Waals surface area contributed by atoms with Crippen molar-refractivity contribution >= 4 is 47.6 Å². The Kier molecular flexibility index (Phi) is 5.12. The fraction of sp³-hybridized carbons (Fsp3) is 0.143. The van der Waals surface area contributed by atoms with Gasteiger partial charge in [-0.05, 0) is 47.1 Å². The second-order valence-corrected chi connectivity index (χ2v) is 8.18. The number of hydrogen-bond acceptors (Lipinski definition) is 2. The summed E-state index contributed by atoms with van der Waals surface area (Å²) < 4.78 is 66.3. The summed E-state index contributed by atoms with van der Waals surface area (Å²) in [5.74, 6) is 0. The Labute approximate surface area is 148 Å². The van der Waals surface area contributed by atoms with E-state index in [1.54, 1.807) is 19.1 Å². The van der Waals surface area contributed by atoms with E-state index in [0.29, 0.717) is 0 Å². The minimum atomic E-state index is -4.71. The molecule has 0 aliphatic carbocycles. The highest BCUT2D eigenvalue weighted by molar-refractivity contribution is 9.11. The minimum Gasteiger partial charge on any atom is -0.278 e. The lowest BCUT2D eigenvalue weighted by molar-refractivity contribution is -0.137. The number of benzene rings is 2. The first-order chi connectivity index (χ1) is 10.5. The number of anilines is 1. The fourth-order valence-electron chi connectivity index (χ4n) is 1.81. The Hall–Kier alpha value is -1.06. The van der Waals surface area contributed by atoms with E-state index in [0.717, 1.165) is 11.6 Å². The van der Waals surface area contributed by atoms with Crippen molar-refractivity contribution in [3.8, 4) is 0 Å². The van der Waals surface area contributed by atoms with Gasteiger partial charge in [0.2, 0.25) is 0 Å². The van der Waals surface area contributed by atoms with Gasteiger partial charge in [0.15, 0.2) is 0 Å². The monoisotopic (exact) mass is 471 g/mol. The molecule has 0 saturated heterocycles. The van der Waals surface area contributed by atoms with Crippen LogP contribution in [-0.4, -0.2) is 8.42 Å². The average Bonchev–Trinajstić information content (AvgIpc) is 2.41. The smallest absolute Gasteiger partial charge is 0.278 e. The molecule has 0 atom stereocenters. The lowest BCUT2D eigenvalue weighted by Gasteiger charge is -2.17. The number of sulfonamides is 1. The maximum Gasteiger partial charge on any atom is 0.418 e. The Balaban J connectivity index is 2.53. The molecule has 0 aliphatic rings. The second kappa shape index (κ2) is 6.45. The topological polar surface area (TPSA) is 46.2 Å². The van der Waals surface area contributed by atoms with Crippen molar-refractivity contribution in [3.05, 3.63) is 56.5 Å². The van der Waals surface area contributed by atoms with Crippen LogP contribution in [0.4, 0.5) is 18.9 Å². The van der Waals surface area contributed by atoms with E-state index in [2.05, 4.69) is 31.9 Å². The van der Waals surface area contributed by atoms with Crippen LogP contribution in [0.5, 0.6) is 0 Å². The normalized spacial score (nSPS) is 12.3. The van der Waals surface area contributed by atoms with Gasteiger partial charge in [0.1, 0.15) is 0 Å². The number of nitrogens with one attached hydrogen (secondary N) is 1. The third-order valence-corrected chi connectivity index (χ3v) is 5.38. The average molecular weight is 473 g/mol. The maximum atomic E-state index is 13.2. The quantitative estimate of drug-likeness (QED) is 0.655. The zero-order valence-electron chi connectivity index (χ0n) is 11.6. The fourth-order valence-corrected chi connectivity index (χ4v) is 4.37. The van der Waals surface area contributed by atoms with Crippen LogP contribution < -0.4 is 4.72 Å². The lowest BCUT2D eigenvalue weighted by Crippen LogP contribution is -2.18. The predicted molar refractivity (Wildman–Crippen MR) is 88.8 cm³/mol. The van der Waals surface area contributed by atoms with Crippen LogP contribution in [0.2, 0.25) is 0 Å². The molecule has 3 nitrogen and oxygen atoms in total. The number of halogens is 5. The zero-order chi connectivity index (χ0) is 17.4. The van der Waals surface area contributed by atoms with Crippen molar-refractivity contribution in [2.45, 2.75) is 18.0 Å². The van der Waals surface area contributed by atoms with Gasteiger partial charge in [-0.1, -0.05) is 33.6 Å². The van der Waals surface area contributed by atoms with E-state index in [4.69, 9.17) is 0 Å². The molecule has 2 aromatic rings. The van der Waals surface area contributed by atoms with Crippen molar-refractivity contribution in [3.63, 3.8) is 0 Å². The van der Waals surface area contributed by atoms with Gasteiger partial charge in [-0.25, -0.2) is 8.42 Å². The molecule has 0 spiro atoms. The third-order valence-electron chi connectivity index (χ3n) is 2.93. The van der Waals surface area contributed by atoms with Crippen LogP contribution in [0.1, 0.15) is 11.1 Å². The molecule has 0 aliphatic heterocycles. The van der Waals surface area contributed by atoms with E-state index < -0.39 is 27.5 Å². The van der Waals surface area contributed by atoms with Crippen LogP contribution >= 0.6 is 31.9 Å². The molecule has 124 valence electrons. The number of aryl methyl sites for hydroxylation is 1. The van der Waals surface area contributed by atoms with E-state index in [1.807, 2.05) is 4.72 Å². The highest BCUT2D eigenvalue weighted by Gasteiger charge is 2.36. The molecule has 0 unspecified atom stereocenters. The minimum absolute atomic E-state index is 0.0186. The number of hydrogen-bond donors (Lipinski definition) is 1. The molecule has 2 rings (SSSR count). The molecular formula is C14H10Br2F3NO2S. The maximum absolute atomic E-state index is 13.2. The van der Waals surface area contributed by atoms with E-state index in [-0.39, 0.29) is 13.8 Å². The molecule has 1 N–H and O–H groups in total. The van der Waals surface area contributed by atoms with Gasteiger partial charge in [0, 0.05) is 8.95 Å². The third kappa shape index (κ3) is 4.27. The number of rotatable bonds is 3. The molecule has 2 aromatic carbocycles. The first-order valence-electron chi connectivity index (χ1n) is 6.16. The van der Waals surface area contributed by atoms with Crippen LogP contribution in [0.25, 0.3) is 0 Å². The second-order valence-electron chi connectivity index (χ2n) is 4.73. The highest BCUT2D eigenvalue weighted by Crippen LogP contribution is 2.41. The van der Waals surface area contributed by atoms with Crippen molar-refractivity contribution in [1.29, 1.82) is 0 Å². The van der Waals surface area contributed by atoms with Gasteiger partial charge >= 0.3 is 6.18 Å². The van der Waals surface area contributed by atoms with E-state index in [1.165, 1.54) is 18.2 Å². The molecule has 9 heteroatoms. The summed E-state index contributed by atoms with van der Waals surface area (Å²) in [4.78, 5) is -0.119. The summed E-state index contributed by atoms with van der Waals surface area (Å²) in [6, 6.07) is 7.95. The predicted octanol–water partition coefficient (Wildman–Crippen LogP) is 5.34. The van der Waals surface area contributed by atoms with Gasteiger partial charge < -0.3 is 0 Å². The van der Waals surface area contributed by atoms with Gasteiger partial charge in [-0.15, -0.1) is 0 Å². The van der Waals surface area contributed by atoms with Crippen molar-refractivity contribution in [2.24, 2.45) is 0 Å². The van der Waals surface area contributed by atoms with Crippen LogP contribution in [0.3, 0.4) is 0 Å². The lowest BCUT2D eigenvalue weighted by atomic mass is 10.2. The molecule has 0 amide bonds. The first kappa shape index (κ1) is 18.3. The molecule has 0 bridgehead atoms. The SMILES string of the molecule is Cc1ccc(S(=O)(=O)Nc2c(Br)cc(Br)cc2C(F)(F)F)cc1. The largest absolute Gasteiger partial charge is 0.418 e. The van der Waals surface area contributed by atoms with Gasteiger partial charge in [0.25, 0.3) is 10.0 Å². The summed E-state index contributed by atoms with van der Waals surface area (Å²) in [7, 11) is -4.14. The molecule has 0 radical (unpaired) electrons. The van der Waals surface area contributed by atoms with Crippen LogP contribution in [-0.2, 0) is 16.2 Å². The summed E-state index contributed by atoms with van der Waals surface area (Å²) in [5, 5.41) is 0. The van der Waals surface area contributed by atoms with Crippen molar-refractivity contribution in [2.75, 3.05) is 4.72 Å². The zero-order valence-corrected chi connectivity index (χ0v) is 15.6. The highest BCUT2D eigenvalue weighted by atomic mass is 79.9.